The van der Waals surface area contributed by atoms with E-state index in [1.807, 2.05) is 19.1 Å². The van der Waals surface area contributed by atoms with E-state index in [0.717, 1.165) is 0 Å². The maximum atomic E-state index is 11.4. The van der Waals surface area contributed by atoms with Gasteiger partial charge >= 0.3 is 0 Å². The van der Waals surface area contributed by atoms with Crippen molar-refractivity contribution in [2.24, 2.45) is 0 Å². The second-order valence-corrected chi connectivity index (χ2v) is 6.73. The normalized spacial score (nSPS) is 14.8. The number of methoxy groups -OCH3 is 1. The first-order valence-electron chi connectivity index (χ1n) is 9.42. The van der Waals surface area contributed by atoms with E-state index >= 15 is 0 Å². The molecule has 1 aliphatic heterocycles. The van der Waals surface area contributed by atoms with Crippen LogP contribution in [0.4, 0.5) is 5.69 Å². The molecule has 2 aromatic rings. The van der Waals surface area contributed by atoms with E-state index in [2.05, 4.69) is 10.6 Å². The second-order valence-electron chi connectivity index (χ2n) is 6.73. The lowest BCUT2D eigenvalue weighted by Crippen LogP contribution is -2.39. The first-order chi connectivity index (χ1) is 14.0. The fraction of sp³-hybridized carbons (Fsp3) is 0.381. The largest absolute Gasteiger partial charge is 0.493 e. The van der Waals surface area contributed by atoms with Gasteiger partial charge in [-0.05, 0) is 31.2 Å². The van der Waals surface area contributed by atoms with Crippen LogP contribution in [0.3, 0.4) is 0 Å². The van der Waals surface area contributed by atoms with Crippen LogP contribution in [0.2, 0.25) is 0 Å². The maximum Gasteiger partial charge on any atom is 0.262 e. The zero-order valence-electron chi connectivity index (χ0n) is 16.5. The maximum absolute atomic E-state index is 11.4. The summed E-state index contributed by atoms with van der Waals surface area (Å²) in [6.07, 6.45) is -0.682. The van der Waals surface area contributed by atoms with Crippen molar-refractivity contribution in [2.75, 3.05) is 38.8 Å². The smallest absolute Gasteiger partial charge is 0.262 e. The Labute approximate surface area is 169 Å². The van der Waals surface area contributed by atoms with Crippen LogP contribution in [0.25, 0.3) is 0 Å². The van der Waals surface area contributed by atoms with Gasteiger partial charge in [0.1, 0.15) is 30.8 Å². The third kappa shape index (κ3) is 6.00. The van der Waals surface area contributed by atoms with Crippen molar-refractivity contribution in [1.29, 1.82) is 0 Å². The highest BCUT2D eigenvalue weighted by molar-refractivity contribution is 5.95. The van der Waals surface area contributed by atoms with Gasteiger partial charge in [-0.1, -0.05) is 12.1 Å². The molecule has 1 amide bonds. The average molecular weight is 402 g/mol. The van der Waals surface area contributed by atoms with Crippen LogP contribution in [-0.2, 0) is 4.79 Å². The minimum atomic E-state index is -0.682. The first-order valence-corrected chi connectivity index (χ1v) is 9.42. The van der Waals surface area contributed by atoms with E-state index in [9.17, 15) is 9.90 Å². The van der Waals surface area contributed by atoms with Gasteiger partial charge in [-0.15, -0.1) is 0 Å². The number of carbonyl (C=O) groups excluding carboxylic acids is 1. The summed E-state index contributed by atoms with van der Waals surface area (Å²) >= 11 is 0. The van der Waals surface area contributed by atoms with Crippen LogP contribution >= 0.6 is 0 Å². The summed E-state index contributed by atoms with van der Waals surface area (Å²) in [4.78, 5) is 11.4. The molecule has 29 heavy (non-hydrogen) atoms. The third-order valence-corrected chi connectivity index (χ3v) is 4.29. The number of fused-ring (bicyclic) bond motifs is 1. The Morgan fingerprint density at radius 2 is 1.97 bits per heavy atom. The number of para-hydroxylation sites is 2. The third-order valence-electron chi connectivity index (χ3n) is 4.29. The van der Waals surface area contributed by atoms with Gasteiger partial charge in [0, 0.05) is 18.7 Å². The lowest BCUT2D eigenvalue weighted by Gasteiger charge is -2.20. The Bertz CT molecular complexity index is 829. The van der Waals surface area contributed by atoms with Crippen molar-refractivity contribution >= 4 is 11.6 Å². The predicted octanol–water partition coefficient (Wildman–Crippen LogP) is 1.82. The number of carbonyl (C=O) groups is 1. The van der Waals surface area contributed by atoms with Crippen molar-refractivity contribution in [3.05, 3.63) is 42.5 Å². The summed E-state index contributed by atoms with van der Waals surface area (Å²) in [6.45, 7) is 2.88. The van der Waals surface area contributed by atoms with Crippen LogP contribution < -0.4 is 29.6 Å². The van der Waals surface area contributed by atoms with Crippen LogP contribution in [0.5, 0.6) is 23.0 Å². The number of rotatable bonds is 10. The van der Waals surface area contributed by atoms with Crippen LogP contribution in [0, 0.1) is 0 Å². The lowest BCUT2D eigenvalue weighted by atomic mass is 10.2. The average Bonchev–Trinajstić information content (AvgIpc) is 2.74. The fourth-order valence-corrected chi connectivity index (χ4v) is 2.75. The van der Waals surface area contributed by atoms with Crippen LogP contribution in [-0.4, -0.2) is 56.6 Å². The molecule has 0 fully saturated rings. The summed E-state index contributed by atoms with van der Waals surface area (Å²) in [7, 11) is 1.57. The number of amides is 1. The van der Waals surface area contributed by atoms with Gasteiger partial charge in [-0.3, -0.25) is 4.79 Å². The summed E-state index contributed by atoms with van der Waals surface area (Å²) < 4.78 is 21.9. The predicted molar refractivity (Wildman–Crippen MR) is 108 cm³/mol. The molecule has 0 aromatic heterocycles. The Hall–Kier alpha value is -2.97. The van der Waals surface area contributed by atoms with Crippen molar-refractivity contribution in [2.45, 2.75) is 19.1 Å². The van der Waals surface area contributed by atoms with Gasteiger partial charge in [0.05, 0.1) is 12.8 Å². The zero-order chi connectivity index (χ0) is 20.6. The van der Waals surface area contributed by atoms with E-state index in [1.165, 1.54) is 0 Å². The molecule has 0 radical (unpaired) electrons. The van der Waals surface area contributed by atoms with E-state index < -0.39 is 6.10 Å². The molecule has 156 valence electrons. The number of nitrogens with one attached hydrogen (secondary N) is 2. The lowest BCUT2D eigenvalue weighted by molar-refractivity contribution is -0.118. The number of hydrogen-bond acceptors (Lipinski definition) is 7. The molecule has 3 rings (SSSR count). The Morgan fingerprint density at radius 1 is 1.17 bits per heavy atom. The molecule has 2 unspecified atom stereocenters. The van der Waals surface area contributed by atoms with E-state index in [1.54, 1.807) is 37.4 Å². The van der Waals surface area contributed by atoms with Crippen molar-refractivity contribution in [3.63, 3.8) is 0 Å². The number of aliphatic hydroxyl groups excluding tert-OH is 1. The molecule has 2 aromatic carbocycles. The Balaban J connectivity index is 1.39. The van der Waals surface area contributed by atoms with E-state index in [0.29, 0.717) is 41.8 Å². The number of ether oxygens (including phenoxy) is 4. The van der Waals surface area contributed by atoms with Gasteiger partial charge in [0.2, 0.25) is 0 Å². The van der Waals surface area contributed by atoms with Gasteiger partial charge in [-0.2, -0.15) is 0 Å². The van der Waals surface area contributed by atoms with Gasteiger partial charge in [0.15, 0.2) is 18.1 Å². The summed E-state index contributed by atoms with van der Waals surface area (Å²) in [5, 5.41) is 16.1. The quantitative estimate of drug-likeness (QED) is 0.558. The number of benzene rings is 2. The second kappa shape index (κ2) is 9.99. The van der Waals surface area contributed by atoms with E-state index in [-0.39, 0.29) is 25.2 Å². The van der Waals surface area contributed by atoms with Crippen molar-refractivity contribution in [1.82, 2.24) is 5.32 Å². The molecule has 0 aliphatic carbocycles. The molecule has 8 nitrogen and oxygen atoms in total. The number of aliphatic hydroxyl groups is 1. The molecule has 0 bridgehead atoms. The molecule has 1 aliphatic rings. The fourth-order valence-electron chi connectivity index (χ4n) is 2.75. The SMILES string of the molecule is COc1ccccc1OCC(O)CNC(C)COc1ccc2c(c1)NC(=O)CO2. The first kappa shape index (κ1) is 20.8. The highest BCUT2D eigenvalue weighted by Crippen LogP contribution is 2.31. The number of hydrogen-bond donors (Lipinski definition) is 3. The molecule has 0 spiro atoms. The summed E-state index contributed by atoms with van der Waals surface area (Å²) in [5.74, 6) is 2.29. The van der Waals surface area contributed by atoms with Gasteiger partial charge in [-0.25, -0.2) is 0 Å². The Morgan fingerprint density at radius 3 is 2.76 bits per heavy atom. The minimum absolute atomic E-state index is 0.00205. The highest BCUT2D eigenvalue weighted by atomic mass is 16.5. The zero-order valence-corrected chi connectivity index (χ0v) is 16.5. The Kier molecular flexibility index (Phi) is 7.15. The van der Waals surface area contributed by atoms with Crippen LogP contribution in [0.15, 0.2) is 42.5 Å². The molecule has 0 saturated carbocycles. The van der Waals surface area contributed by atoms with Crippen molar-refractivity contribution in [3.8, 4) is 23.0 Å². The topological polar surface area (TPSA) is 98.3 Å². The summed E-state index contributed by atoms with van der Waals surface area (Å²) in [6, 6.07) is 12.6. The molecular formula is C21H26N2O6. The molecule has 3 N–H and O–H groups in total. The molecule has 2 atom stereocenters. The highest BCUT2D eigenvalue weighted by Gasteiger charge is 2.16. The van der Waals surface area contributed by atoms with Crippen LogP contribution in [0.1, 0.15) is 6.92 Å². The monoisotopic (exact) mass is 402 g/mol. The molecule has 8 heteroatoms. The molecule has 1 heterocycles. The standard InChI is InChI=1S/C21H26N2O6/c1-14(11-27-16-7-8-18-17(9-16)23-21(25)13-29-18)22-10-15(24)12-28-20-6-4-3-5-19(20)26-2/h3-9,14-15,22,24H,10-13H2,1-2H3,(H,23,25). The molecule has 0 saturated heterocycles. The van der Waals surface area contributed by atoms with E-state index in [4.69, 9.17) is 18.9 Å². The number of anilines is 1. The summed E-state index contributed by atoms with van der Waals surface area (Å²) in [5.41, 5.74) is 0.600. The van der Waals surface area contributed by atoms with Gasteiger partial charge < -0.3 is 34.7 Å². The molecular weight excluding hydrogens is 376 g/mol. The van der Waals surface area contributed by atoms with Gasteiger partial charge in [0.25, 0.3) is 5.91 Å². The minimum Gasteiger partial charge on any atom is -0.493 e. The van der Waals surface area contributed by atoms with Crippen molar-refractivity contribution < 1.29 is 28.8 Å².